The summed E-state index contributed by atoms with van der Waals surface area (Å²) in [7, 11) is -1.29. The van der Waals surface area contributed by atoms with Crippen molar-refractivity contribution in [3.8, 4) is 17.4 Å². The van der Waals surface area contributed by atoms with Gasteiger partial charge in [-0.25, -0.2) is 22.6 Å². The molecule has 39 heavy (non-hydrogen) atoms. The average Bonchev–Trinajstić information content (AvgIpc) is 3.21. The number of sulfonamides is 1. The number of para-hydroxylation sites is 1. The van der Waals surface area contributed by atoms with E-state index in [1.165, 1.54) is 44.0 Å². The van der Waals surface area contributed by atoms with Gasteiger partial charge in [0, 0.05) is 24.9 Å². The Morgan fingerprint density at radius 3 is 2.38 bits per heavy atom. The van der Waals surface area contributed by atoms with Gasteiger partial charge in [0.2, 0.25) is 15.9 Å². The Kier molecular flexibility index (Phi) is 8.99. The Bertz CT molecular complexity index is 1480. The molecule has 0 aliphatic heterocycles. The lowest BCUT2D eigenvalue weighted by atomic mass is 10.1. The molecular formula is C26H32N4O8S. The number of anilines is 1. The Labute approximate surface area is 226 Å². The molecule has 0 radical (unpaired) electrons. The third-order valence-corrected chi connectivity index (χ3v) is 7.04. The number of carbonyl (C=O) groups excluding carboxylic acids is 1. The highest BCUT2D eigenvalue weighted by Gasteiger charge is 2.29. The Morgan fingerprint density at radius 2 is 1.77 bits per heavy atom. The minimum Gasteiger partial charge on any atom is -0.496 e. The molecule has 1 aromatic heterocycles. The van der Waals surface area contributed by atoms with Crippen molar-refractivity contribution in [1.29, 1.82) is 0 Å². The van der Waals surface area contributed by atoms with Gasteiger partial charge in [-0.3, -0.25) is 4.79 Å². The van der Waals surface area contributed by atoms with Crippen LogP contribution in [0.1, 0.15) is 47.2 Å². The smallest absolute Gasteiger partial charge is 0.356 e. The standard InChI is InChI=1S/C26H32N4O8S/c1-16-22(25(32)33)29-30(26(2,3)4)24(16)38-20-12-11-17(15-21(20)39(34,35)27-13-14-36-5)28-23(31)18-9-7-8-10-19(18)37-6/h7-12,15,27H,13-14H2,1-6H3,(H,28,31)(H,32,33). The van der Waals surface area contributed by atoms with Crippen LogP contribution in [0.4, 0.5) is 5.69 Å². The van der Waals surface area contributed by atoms with E-state index < -0.39 is 27.4 Å². The molecule has 0 aliphatic rings. The summed E-state index contributed by atoms with van der Waals surface area (Å²) in [6.07, 6.45) is 0. The summed E-state index contributed by atoms with van der Waals surface area (Å²) in [5.74, 6) is -1.43. The van der Waals surface area contributed by atoms with Gasteiger partial charge in [0.15, 0.2) is 5.69 Å². The third-order valence-electron chi connectivity index (χ3n) is 5.55. The molecule has 0 fully saturated rings. The van der Waals surface area contributed by atoms with Gasteiger partial charge >= 0.3 is 5.97 Å². The third kappa shape index (κ3) is 6.74. The van der Waals surface area contributed by atoms with Gasteiger partial charge in [0.05, 0.1) is 24.8 Å². The molecular weight excluding hydrogens is 528 g/mol. The molecule has 0 bridgehead atoms. The number of methoxy groups -OCH3 is 2. The topological polar surface area (TPSA) is 158 Å². The second-order valence-electron chi connectivity index (χ2n) is 9.48. The zero-order valence-electron chi connectivity index (χ0n) is 22.6. The molecule has 2 aromatic carbocycles. The zero-order chi connectivity index (χ0) is 29.0. The quantitative estimate of drug-likeness (QED) is 0.298. The molecule has 3 aromatic rings. The molecule has 0 saturated carbocycles. The normalized spacial score (nSPS) is 11.7. The van der Waals surface area contributed by atoms with Crippen LogP contribution in [0.15, 0.2) is 47.4 Å². The van der Waals surface area contributed by atoms with Crippen LogP contribution >= 0.6 is 0 Å². The fourth-order valence-electron chi connectivity index (χ4n) is 3.63. The van der Waals surface area contributed by atoms with E-state index in [1.807, 2.05) is 0 Å². The van der Waals surface area contributed by atoms with Crippen molar-refractivity contribution in [2.75, 3.05) is 32.7 Å². The molecule has 0 aliphatic carbocycles. The second kappa shape index (κ2) is 11.8. The number of hydrogen-bond acceptors (Lipinski definition) is 8. The first-order valence-corrected chi connectivity index (χ1v) is 13.4. The van der Waals surface area contributed by atoms with E-state index in [9.17, 15) is 23.1 Å². The van der Waals surface area contributed by atoms with E-state index in [0.717, 1.165) is 0 Å². The average molecular weight is 561 g/mol. The summed E-state index contributed by atoms with van der Waals surface area (Å²) in [6, 6.07) is 10.7. The van der Waals surface area contributed by atoms with Crippen molar-refractivity contribution in [2.45, 2.75) is 38.1 Å². The Morgan fingerprint density at radius 1 is 1.08 bits per heavy atom. The molecule has 1 heterocycles. The van der Waals surface area contributed by atoms with Crippen LogP contribution in [0.25, 0.3) is 0 Å². The summed E-state index contributed by atoms with van der Waals surface area (Å²) >= 11 is 0. The van der Waals surface area contributed by atoms with E-state index in [-0.39, 0.29) is 52.2 Å². The number of aromatic nitrogens is 2. The molecule has 3 N–H and O–H groups in total. The molecule has 0 saturated heterocycles. The zero-order valence-corrected chi connectivity index (χ0v) is 23.4. The lowest BCUT2D eigenvalue weighted by molar-refractivity contribution is 0.0687. The summed E-state index contributed by atoms with van der Waals surface area (Å²) in [5.41, 5.74) is -0.247. The van der Waals surface area contributed by atoms with Crippen LogP contribution in [0.2, 0.25) is 0 Å². The molecule has 13 heteroatoms. The molecule has 210 valence electrons. The maximum Gasteiger partial charge on any atom is 0.356 e. The molecule has 0 atom stereocenters. The van der Waals surface area contributed by atoms with E-state index in [4.69, 9.17) is 14.2 Å². The van der Waals surface area contributed by atoms with Crippen LogP contribution < -0.4 is 19.5 Å². The Hall–Kier alpha value is -3.94. The number of nitrogens with one attached hydrogen (secondary N) is 2. The van der Waals surface area contributed by atoms with Crippen molar-refractivity contribution < 1.29 is 37.3 Å². The highest BCUT2D eigenvalue weighted by atomic mass is 32.2. The first-order chi connectivity index (χ1) is 18.3. The number of nitrogens with zero attached hydrogens (tertiary/aromatic N) is 2. The molecule has 0 unspecified atom stereocenters. The number of amides is 1. The second-order valence-corrected chi connectivity index (χ2v) is 11.2. The molecule has 12 nitrogen and oxygen atoms in total. The van der Waals surface area contributed by atoms with Crippen molar-refractivity contribution in [2.24, 2.45) is 0 Å². The molecule has 1 amide bonds. The fourth-order valence-corrected chi connectivity index (χ4v) is 4.79. The van der Waals surface area contributed by atoms with Gasteiger partial charge in [-0.1, -0.05) is 12.1 Å². The summed E-state index contributed by atoms with van der Waals surface area (Å²) in [5, 5.41) is 16.5. The monoisotopic (exact) mass is 560 g/mol. The van der Waals surface area contributed by atoms with Gasteiger partial charge in [-0.2, -0.15) is 5.10 Å². The predicted octanol–water partition coefficient (Wildman–Crippen LogP) is 3.62. The highest BCUT2D eigenvalue weighted by molar-refractivity contribution is 7.89. The van der Waals surface area contributed by atoms with Crippen molar-refractivity contribution in [3.63, 3.8) is 0 Å². The molecule has 3 rings (SSSR count). The number of hydrogen-bond donors (Lipinski definition) is 3. The van der Waals surface area contributed by atoms with Crippen molar-refractivity contribution in [3.05, 3.63) is 59.3 Å². The first kappa shape index (κ1) is 29.6. The number of carbonyl (C=O) groups is 2. The van der Waals surface area contributed by atoms with Crippen LogP contribution in [0.3, 0.4) is 0 Å². The minimum absolute atomic E-state index is 0.0157. The van der Waals surface area contributed by atoms with E-state index >= 15 is 0 Å². The highest BCUT2D eigenvalue weighted by Crippen LogP contribution is 2.36. The van der Waals surface area contributed by atoms with Crippen LogP contribution in [-0.4, -0.2) is 62.6 Å². The van der Waals surface area contributed by atoms with Crippen LogP contribution in [-0.2, 0) is 20.3 Å². The van der Waals surface area contributed by atoms with E-state index in [1.54, 1.807) is 45.0 Å². The number of carboxylic acid groups (broad SMARTS) is 1. The maximum atomic E-state index is 13.3. The van der Waals surface area contributed by atoms with Gasteiger partial charge in [0.25, 0.3) is 5.91 Å². The van der Waals surface area contributed by atoms with Gasteiger partial charge in [-0.05, 0) is 58.0 Å². The summed E-state index contributed by atoms with van der Waals surface area (Å²) in [4.78, 5) is 24.4. The number of aromatic carboxylic acids is 1. The first-order valence-electron chi connectivity index (χ1n) is 11.9. The lowest BCUT2D eigenvalue weighted by Crippen LogP contribution is -2.28. The van der Waals surface area contributed by atoms with Gasteiger partial charge in [-0.15, -0.1) is 0 Å². The number of ether oxygens (including phenoxy) is 3. The van der Waals surface area contributed by atoms with E-state index in [0.29, 0.717) is 5.75 Å². The van der Waals surface area contributed by atoms with Gasteiger partial charge < -0.3 is 24.6 Å². The van der Waals surface area contributed by atoms with Gasteiger partial charge in [0.1, 0.15) is 16.4 Å². The van der Waals surface area contributed by atoms with Crippen molar-refractivity contribution >= 4 is 27.6 Å². The number of rotatable bonds is 11. The van der Waals surface area contributed by atoms with Crippen molar-refractivity contribution in [1.82, 2.24) is 14.5 Å². The molecule has 0 spiro atoms. The summed E-state index contributed by atoms with van der Waals surface area (Å²) < 4.78 is 46.7. The Balaban J connectivity index is 2.09. The lowest BCUT2D eigenvalue weighted by Gasteiger charge is -2.23. The SMILES string of the molecule is COCCNS(=O)(=O)c1cc(NC(=O)c2ccccc2OC)ccc1Oc1c(C)c(C(=O)O)nn1C(C)(C)C. The number of carboxylic acids is 1. The van der Waals surface area contributed by atoms with Crippen LogP contribution in [0.5, 0.6) is 17.4 Å². The van der Waals surface area contributed by atoms with E-state index in [2.05, 4.69) is 15.1 Å². The maximum absolute atomic E-state index is 13.3. The predicted molar refractivity (Wildman–Crippen MR) is 143 cm³/mol. The number of benzene rings is 2. The minimum atomic E-state index is -4.17. The fraction of sp³-hybridized carbons (Fsp3) is 0.346. The largest absolute Gasteiger partial charge is 0.496 e. The summed E-state index contributed by atoms with van der Waals surface area (Å²) in [6.45, 7) is 7.05. The van der Waals surface area contributed by atoms with Crippen LogP contribution in [0, 0.1) is 6.92 Å².